The third-order valence-electron chi connectivity index (χ3n) is 2.52. The first kappa shape index (κ1) is 12.5. The van der Waals surface area contributed by atoms with Gasteiger partial charge in [-0.15, -0.1) is 0 Å². The number of phenolic OH excluding ortho intramolecular Hbond substituents is 1. The number of rotatable bonds is 3. The number of nitrogens with zero attached hydrogens (tertiary/aromatic N) is 2. The van der Waals surface area contributed by atoms with Crippen molar-refractivity contribution < 1.29 is 14.7 Å². The number of carbonyl (C=O) groups excluding carboxylic acids is 2. The minimum absolute atomic E-state index is 0.00291. The van der Waals surface area contributed by atoms with Crippen molar-refractivity contribution >= 4 is 23.5 Å². The van der Waals surface area contributed by atoms with E-state index in [1.165, 1.54) is 18.2 Å². The van der Waals surface area contributed by atoms with Crippen LogP contribution in [0.5, 0.6) is 5.75 Å². The number of aromatic hydroxyl groups is 1. The summed E-state index contributed by atoms with van der Waals surface area (Å²) in [5, 5.41) is 9.87. The lowest BCUT2D eigenvalue weighted by Crippen LogP contribution is -1.80. The Bertz CT molecular complexity index is 695. The van der Waals surface area contributed by atoms with Gasteiger partial charge in [-0.05, 0) is 29.8 Å². The Morgan fingerprint density at radius 1 is 0.895 bits per heavy atom. The third-order valence-corrected chi connectivity index (χ3v) is 2.52. The fraction of sp³-hybridized carbons (Fsp3) is 0. The van der Waals surface area contributed by atoms with E-state index in [9.17, 15) is 14.7 Å². The average molecular weight is 252 g/mol. The standard InChI is InChI=1S/C14H8N2O3/c17-8-15-11-6-4-10(5-7-11)14-12(16-9-18)2-1-3-13(14)19/h1-7,19H. The van der Waals surface area contributed by atoms with Crippen LogP contribution in [0.25, 0.3) is 11.1 Å². The highest BCUT2D eigenvalue weighted by Crippen LogP contribution is 2.38. The van der Waals surface area contributed by atoms with Gasteiger partial charge in [0.2, 0.25) is 12.2 Å². The quantitative estimate of drug-likeness (QED) is 0.673. The summed E-state index contributed by atoms with van der Waals surface area (Å²) in [5.41, 5.74) is 1.85. The first-order valence-corrected chi connectivity index (χ1v) is 5.34. The van der Waals surface area contributed by atoms with Crippen LogP contribution in [0, 0.1) is 0 Å². The predicted octanol–water partition coefficient (Wildman–Crippen LogP) is 2.99. The lowest BCUT2D eigenvalue weighted by Gasteiger charge is -2.07. The van der Waals surface area contributed by atoms with Gasteiger partial charge in [0, 0.05) is 0 Å². The molecule has 5 heteroatoms. The molecule has 2 aromatic carbocycles. The van der Waals surface area contributed by atoms with E-state index in [4.69, 9.17) is 0 Å². The molecule has 0 spiro atoms. The van der Waals surface area contributed by atoms with Crippen LogP contribution in [-0.2, 0) is 9.59 Å². The van der Waals surface area contributed by atoms with Gasteiger partial charge in [0.05, 0.1) is 16.9 Å². The SMILES string of the molecule is O=C=Nc1ccc(-c2c(O)cccc2N=C=O)cc1. The second kappa shape index (κ2) is 5.56. The Kier molecular flexibility index (Phi) is 3.64. The van der Waals surface area contributed by atoms with Gasteiger partial charge in [0.25, 0.3) is 0 Å². The highest BCUT2D eigenvalue weighted by atomic mass is 16.3. The van der Waals surface area contributed by atoms with Gasteiger partial charge < -0.3 is 5.11 Å². The maximum Gasteiger partial charge on any atom is 0.240 e. The van der Waals surface area contributed by atoms with Gasteiger partial charge >= 0.3 is 0 Å². The van der Waals surface area contributed by atoms with Gasteiger partial charge in [-0.2, -0.15) is 9.98 Å². The zero-order valence-corrected chi connectivity index (χ0v) is 9.70. The van der Waals surface area contributed by atoms with Crippen molar-refractivity contribution in [3.63, 3.8) is 0 Å². The Morgan fingerprint density at radius 3 is 2.21 bits per heavy atom. The molecule has 0 atom stereocenters. The molecule has 0 bridgehead atoms. The summed E-state index contributed by atoms with van der Waals surface area (Å²) < 4.78 is 0. The highest BCUT2D eigenvalue weighted by molar-refractivity contribution is 5.82. The molecule has 0 aliphatic rings. The van der Waals surface area contributed by atoms with Crippen molar-refractivity contribution in [2.75, 3.05) is 0 Å². The zero-order chi connectivity index (χ0) is 13.7. The summed E-state index contributed by atoms with van der Waals surface area (Å²) >= 11 is 0. The maximum absolute atomic E-state index is 10.4. The first-order chi connectivity index (χ1) is 9.26. The van der Waals surface area contributed by atoms with Gasteiger partial charge in [-0.25, -0.2) is 9.59 Å². The minimum atomic E-state index is 0.00291. The molecular formula is C14H8N2O3. The lowest BCUT2D eigenvalue weighted by atomic mass is 10.0. The maximum atomic E-state index is 10.4. The van der Waals surface area contributed by atoms with Crippen molar-refractivity contribution in [2.24, 2.45) is 9.98 Å². The van der Waals surface area contributed by atoms with Crippen LogP contribution in [0.4, 0.5) is 11.4 Å². The minimum Gasteiger partial charge on any atom is -0.507 e. The fourth-order valence-corrected chi connectivity index (χ4v) is 1.72. The fourth-order valence-electron chi connectivity index (χ4n) is 1.72. The summed E-state index contributed by atoms with van der Waals surface area (Å²) in [5.74, 6) is 0.00291. The van der Waals surface area contributed by atoms with E-state index < -0.39 is 0 Å². The molecule has 0 fully saturated rings. The van der Waals surface area contributed by atoms with Crippen molar-refractivity contribution in [3.05, 3.63) is 42.5 Å². The number of phenols is 1. The topological polar surface area (TPSA) is 79.1 Å². The molecule has 0 aliphatic heterocycles. The van der Waals surface area contributed by atoms with Gasteiger partial charge in [-0.1, -0.05) is 18.2 Å². The second-order valence-corrected chi connectivity index (χ2v) is 3.62. The monoisotopic (exact) mass is 252 g/mol. The number of aliphatic imine (C=N–C) groups is 2. The molecular weight excluding hydrogens is 244 g/mol. The van der Waals surface area contributed by atoms with E-state index in [1.54, 1.807) is 36.4 Å². The van der Waals surface area contributed by atoms with E-state index >= 15 is 0 Å². The van der Waals surface area contributed by atoms with Crippen molar-refractivity contribution in [1.82, 2.24) is 0 Å². The van der Waals surface area contributed by atoms with Crippen LogP contribution >= 0.6 is 0 Å². The Morgan fingerprint density at radius 2 is 1.58 bits per heavy atom. The molecule has 92 valence electrons. The molecule has 0 aliphatic carbocycles. The summed E-state index contributed by atoms with van der Waals surface area (Å²) in [7, 11) is 0. The molecule has 0 aromatic heterocycles. The summed E-state index contributed by atoms with van der Waals surface area (Å²) in [6.45, 7) is 0. The normalized spacial score (nSPS) is 9.26. The molecule has 0 saturated carbocycles. The van der Waals surface area contributed by atoms with Crippen LogP contribution in [0.15, 0.2) is 52.4 Å². The van der Waals surface area contributed by atoms with Crippen LogP contribution in [0.1, 0.15) is 0 Å². The van der Waals surface area contributed by atoms with Gasteiger partial charge in [0.15, 0.2) is 0 Å². The van der Waals surface area contributed by atoms with E-state index in [1.807, 2.05) is 0 Å². The van der Waals surface area contributed by atoms with E-state index in [2.05, 4.69) is 9.98 Å². The Hall–Kier alpha value is -3.00. The molecule has 0 saturated heterocycles. The van der Waals surface area contributed by atoms with E-state index in [0.717, 1.165) is 0 Å². The van der Waals surface area contributed by atoms with Gasteiger partial charge in [-0.3, -0.25) is 0 Å². The number of isocyanates is 2. The zero-order valence-electron chi connectivity index (χ0n) is 9.70. The molecule has 2 aromatic rings. The molecule has 19 heavy (non-hydrogen) atoms. The average Bonchev–Trinajstić information content (AvgIpc) is 2.41. The van der Waals surface area contributed by atoms with Crippen molar-refractivity contribution in [2.45, 2.75) is 0 Å². The van der Waals surface area contributed by atoms with Crippen LogP contribution in [0.2, 0.25) is 0 Å². The molecule has 0 unspecified atom stereocenters. The van der Waals surface area contributed by atoms with Crippen molar-refractivity contribution in [3.8, 4) is 16.9 Å². The summed E-state index contributed by atoms with van der Waals surface area (Å²) in [6, 6.07) is 11.2. The molecule has 0 amide bonds. The van der Waals surface area contributed by atoms with Crippen LogP contribution in [0.3, 0.4) is 0 Å². The number of hydrogen-bond donors (Lipinski definition) is 1. The largest absolute Gasteiger partial charge is 0.507 e. The number of benzene rings is 2. The molecule has 0 heterocycles. The molecule has 0 radical (unpaired) electrons. The molecule has 1 N–H and O–H groups in total. The predicted molar refractivity (Wildman–Crippen MR) is 69.1 cm³/mol. The van der Waals surface area contributed by atoms with Crippen LogP contribution < -0.4 is 0 Å². The summed E-state index contributed by atoms with van der Waals surface area (Å²) in [4.78, 5) is 27.5. The van der Waals surface area contributed by atoms with E-state index in [0.29, 0.717) is 22.5 Å². The smallest absolute Gasteiger partial charge is 0.240 e. The first-order valence-electron chi connectivity index (χ1n) is 5.34. The lowest BCUT2D eigenvalue weighted by molar-refractivity contribution is 0.477. The Labute approximate surface area is 108 Å². The summed E-state index contributed by atoms with van der Waals surface area (Å²) in [6.07, 6.45) is 2.89. The van der Waals surface area contributed by atoms with E-state index in [-0.39, 0.29) is 5.75 Å². The second-order valence-electron chi connectivity index (χ2n) is 3.62. The Balaban J connectivity index is 2.57. The molecule has 2 rings (SSSR count). The van der Waals surface area contributed by atoms with Crippen molar-refractivity contribution in [1.29, 1.82) is 0 Å². The van der Waals surface area contributed by atoms with Crippen LogP contribution in [-0.4, -0.2) is 17.3 Å². The number of hydrogen-bond acceptors (Lipinski definition) is 5. The highest BCUT2D eigenvalue weighted by Gasteiger charge is 2.09. The molecule has 5 nitrogen and oxygen atoms in total. The third kappa shape index (κ3) is 2.64. The van der Waals surface area contributed by atoms with Gasteiger partial charge in [0.1, 0.15) is 5.75 Å².